The summed E-state index contributed by atoms with van der Waals surface area (Å²) in [6.07, 6.45) is 1.70. The molecule has 0 aliphatic carbocycles. The molecule has 1 aromatic heterocycles. The fourth-order valence-corrected chi connectivity index (χ4v) is 2.78. The highest BCUT2D eigenvalue weighted by atomic mass is 79.9. The van der Waals surface area contributed by atoms with Crippen LogP contribution in [0.2, 0.25) is 5.02 Å². The predicted molar refractivity (Wildman–Crippen MR) is 69.9 cm³/mol. The minimum absolute atomic E-state index is 0.670. The van der Waals surface area contributed by atoms with E-state index in [1.54, 1.807) is 6.20 Å². The molecule has 0 saturated heterocycles. The van der Waals surface area contributed by atoms with Gasteiger partial charge in [-0.3, -0.25) is 4.98 Å². The number of hydrogen-bond donors (Lipinski definition) is 0. The Bertz CT molecular complexity index is 513. The molecule has 0 unspecified atom stereocenters. The standard InChI is InChI=1S/C9H3Br3ClN/c10-4-1-2-5(11)9-7(4)8(13)6(12)3-14-9/h1-3H. The van der Waals surface area contributed by atoms with E-state index in [1.807, 2.05) is 12.1 Å². The Morgan fingerprint density at radius 1 is 1.00 bits per heavy atom. The number of hydrogen-bond acceptors (Lipinski definition) is 1. The van der Waals surface area contributed by atoms with Crippen molar-refractivity contribution in [2.75, 3.05) is 0 Å². The summed E-state index contributed by atoms with van der Waals surface area (Å²) in [5, 5.41) is 1.58. The van der Waals surface area contributed by atoms with Crippen LogP contribution >= 0.6 is 59.4 Å². The van der Waals surface area contributed by atoms with Crippen molar-refractivity contribution in [3.63, 3.8) is 0 Å². The summed E-state index contributed by atoms with van der Waals surface area (Å²) >= 11 is 16.4. The first-order valence-corrected chi connectivity index (χ1v) is 6.44. The Morgan fingerprint density at radius 3 is 2.36 bits per heavy atom. The van der Waals surface area contributed by atoms with E-state index in [9.17, 15) is 0 Å². The van der Waals surface area contributed by atoms with Crippen LogP contribution in [0.4, 0.5) is 0 Å². The number of aromatic nitrogens is 1. The Labute approximate surface area is 111 Å². The average molecular weight is 400 g/mol. The van der Waals surface area contributed by atoms with Crippen LogP contribution in [0, 0.1) is 0 Å². The van der Waals surface area contributed by atoms with Crippen LogP contribution < -0.4 is 0 Å². The molecule has 1 nitrogen and oxygen atoms in total. The van der Waals surface area contributed by atoms with Gasteiger partial charge >= 0.3 is 0 Å². The first-order chi connectivity index (χ1) is 6.61. The molecule has 0 amide bonds. The van der Waals surface area contributed by atoms with E-state index < -0.39 is 0 Å². The zero-order valence-electron chi connectivity index (χ0n) is 6.69. The van der Waals surface area contributed by atoms with E-state index in [4.69, 9.17) is 11.6 Å². The van der Waals surface area contributed by atoms with Gasteiger partial charge in [0.15, 0.2) is 0 Å². The monoisotopic (exact) mass is 397 g/mol. The molecule has 0 spiro atoms. The summed E-state index contributed by atoms with van der Waals surface area (Å²) in [5.74, 6) is 0. The lowest BCUT2D eigenvalue weighted by Gasteiger charge is -2.05. The lowest BCUT2D eigenvalue weighted by molar-refractivity contribution is 1.38. The molecule has 0 N–H and O–H groups in total. The Kier molecular flexibility index (Phi) is 3.17. The molecule has 0 radical (unpaired) electrons. The number of benzene rings is 1. The lowest BCUT2D eigenvalue weighted by atomic mass is 10.2. The van der Waals surface area contributed by atoms with E-state index in [0.717, 1.165) is 24.3 Å². The first-order valence-electron chi connectivity index (χ1n) is 3.69. The predicted octanol–water partition coefficient (Wildman–Crippen LogP) is 5.18. The first kappa shape index (κ1) is 10.9. The average Bonchev–Trinajstić information content (AvgIpc) is 2.16. The molecule has 14 heavy (non-hydrogen) atoms. The van der Waals surface area contributed by atoms with Gasteiger partial charge in [-0.15, -0.1) is 0 Å². The molecule has 5 heteroatoms. The molecule has 1 heterocycles. The van der Waals surface area contributed by atoms with Gasteiger partial charge in [0.05, 0.1) is 15.0 Å². The smallest absolute Gasteiger partial charge is 0.0871 e. The van der Waals surface area contributed by atoms with Crippen LogP contribution in [-0.2, 0) is 0 Å². The van der Waals surface area contributed by atoms with Crippen molar-refractivity contribution in [1.82, 2.24) is 4.98 Å². The lowest BCUT2D eigenvalue weighted by Crippen LogP contribution is -1.84. The minimum Gasteiger partial charge on any atom is -0.254 e. The Hall–Kier alpha value is 0.360. The summed E-state index contributed by atoms with van der Waals surface area (Å²) in [6.45, 7) is 0. The number of pyridine rings is 1. The van der Waals surface area contributed by atoms with Gasteiger partial charge in [0, 0.05) is 20.5 Å². The maximum absolute atomic E-state index is 6.17. The van der Waals surface area contributed by atoms with E-state index >= 15 is 0 Å². The van der Waals surface area contributed by atoms with Gasteiger partial charge < -0.3 is 0 Å². The zero-order valence-corrected chi connectivity index (χ0v) is 12.2. The third-order valence-corrected chi connectivity index (χ3v) is 4.34. The summed E-state index contributed by atoms with van der Waals surface area (Å²) < 4.78 is 2.67. The topological polar surface area (TPSA) is 12.9 Å². The van der Waals surface area contributed by atoms with Crippen molar-refractivity contribution in [3.05, 3.63) is 36.8 Å². The number of fused-ring (bicyclic) bond motifs is 1. The Morgan fingerprint density at radius 2 is 1.64 bits per heavy atom. The molecule has 0 atom stereocenters. The van der Waals surface area contributed by atoms with Gasteiger partial charge in [0.25, 0.3) is 0 Å². The van der Waals surface area contributed by atoms with Crippen LogP contribution in [0.25, 0.3) is 10.9 Å². The van der Waals surface area contributed by atoms with Gasteiger partial charge in [-0.1, -0.05) is 27.5 Å². The van der Waals surface area contributed by atoms with Crippen molar-refractivity contribution < 1.29 is 0 Å². The molecule has 2 aromatic rings. The van der Waals surface area contributed by atoms with Gasteiger partial charge in [0.1, 0.15) is 0 Å². The largest absolute Gasteiger partial charge is 0.254 e. The normalized spacial score (nSPS) is 10.9. The highest BCUT2D eigenvalue weighted by Crippen LogP contribution is 2.37. The third kappa shape index (κ3) is 1.73. The van der Waals surface area contributed by atoms with Crippen molar-refractivity contribution in [2.45, 2.75) is 0 Å². The zero-order chi connectivity index (χ0) is 10.3. The van der Waals surface area contributed by atoms with Crippen LogP contribution in [0.15, 0.2) is 31.7 Å². The summed E-state index contributed by atoms with van der Waals surface area (Å²) in [7, 11) is 0. The van der Waals surface area contributed by atoms with Gasteiger partial charge in [-0.05, 0) is 44.0 Å². The fraction of sp³-hybridized carbons (Fsp3) is 0. The number of halogens is 4. The second-order valence-corrected chi connectivity index (χ2v) is 5.61. The van der Waals surface area contributed by atoms with E-state index in [1.165, 1.54) is 0 Å². The molecule has 1 aromatic carbocycles. The fourth-order valence-electron chi connectivity index (χ4n) is 1.17. The highest BCUT2D eigenvalue weighted by molar-refractivity contribution is 9.11. The quantitative estimate of drug-likeness (QED) is 0.594. The SMILES string of the molecule is Clc1c(Br)cnc2c(Br)ccc(Br)c12. The van der Waals surface area contributed by atoms with Crippen LogP contribution in [0.5, 0.6) is 0 Å². The van der Waals surface area contributed by atoms with Crippen molar-refractivity contribution >= 4 is 70.3 Å². The maximum atomic E-state index is 6.17. The number of rotatable bonds is 0. The molecular formula is C9H3Br3ClN. The molecule has 2 rings (SSSR count). The van der Waals surface area contributed by atoms with Crippen molar-refractivity contribution in [2.24, 2.45) is 0 Å². The molecule has 0 bridgehead atoms. The summed E-state index contributed by atoms with van der Waals surface area (Å²) in [6, 6.07) is 3.87. The third-order valence-electron chi connectivity index (χ3n) is 1.81. The number of nitrogens with zero attached hydrogens (tertiary/aromatic N) is 1. The highest BCUT2D eigenvalue weighted by Gasteiger charge is 2.10. The van der Waals surface area contributed by atoms with Crippen LogP contribution in [-0.4, -0.2) is 4.98 Å². The second-order valence-electron chi connectivity index (χ2n) is 2.67. The van der Waals surface area contributed by atoms with Crippen molar-refractivity contribution in [1.29, 1.82) is 0 Å². The van der Waals surface area contributed by atoms with Gasteiger partial charge in [-0.2, -0.15) is 0 Å². The molecule has 0 aliphatic heterocycles. The van der Waals surface area contributed by atoms with E-state index in [0.29, 0.717) is 5.02 Å². The molecule has 0 fully saturated rings. The second kappa shape index (κ2) is 4.08. The molecule has 0 saturated carbocycles. The molecule has 72 valence electrons. The molecule has 0 aliphatic rings. The van der Waals surface area contributed by atoms with Gasteiger partial charge in [0.2, 0.25) is 0 Å². The maximum Gasteiger partial charge on any atom is 0.0871 e. The van der Waals surface area contributed by atoms with E-state index in [2.05, 4.69) is 52.8 Å². The summed E-state index contributed by atoms with van der Waals surface area (Å²) in [4.78, 5) is 4.29. The van der Waals surface area contributed by atoms with Crippen molar-refractivity contribution in [3.8, 4) is 0 Å². The van der Waals surface area contributed by atoms with Crippen LogP contribution in [0.3, 0.4) is 0 Å². The van der Waals surface area contributed by atoms with Gasteiger partial charge in [-0.25, -0.2) is 0 Å². The molecular weight excluding hydrogens is 397 g/mol. The van der Waals surface area contributed by atoms with Crippen LogP contribution in [0.1, 0.15) is 0 Å². The summed E-state index contributed by atoms with van der Waals surface area (Å²) in [5.41, 5.74) is 0.854. The minimum atomic E-state index is 0.670. The van der Waals surface area contributed by atoms with E-state index in [-0.39, 0.29) is 0 Å². The Balaban J connectivity index is 3.01.